The molecule has 1 unspecified atom stereocenters. The van der Waals surface area contributed by atoms with Crippen molar-refractivity contribution in [3.8, 4) is 11.4 Å². The van der Waals surface area contributed by atoms with Crippen molar-refractivity contribution in [1.82, 2.24) is 14.8 Å². The molecule has 1 atom stereocenters. The number of anilines is 1. The number of nitrogens with one attached hydrogen (secondary N) is 1. The Balaban J connectivity index is 0.00000182. The quantitative estimate of drug-likeness (QED) is 0.861. The summed E-state index contributed by atoms with van der Waals surface area (Å²) in [7, 11) is 1.88. The summed E-state index contributed by atoms with van der Waals surface area (Å²) in [5.41, 5.74) is 8.98. The van der Waals surface area contributed by atoms with Crippen LogP contribution in [0.3, 0.4) is 0 Å². The molecule has 0 bridgehead atoms. The van der Waals surface area contributed by atoms with Gasteiger partial charge in [0.2, 0.25) is 5.91 Å². The van der Waals surface area contributed by atoms with Gasteiger partial charge in [0.1, 0.15) is 11.5 Å². The summed E-state index contributed by atoms with van der Waals surface area (Å²) in [6, 6.07) is 6.16. The minimum Gasteiger partial charge on any atom is -0.328 e. The third-order valence-corrected chi connectivity index (χ3v) is 5.41. The van der Waals surface area contributed by atoms with Crippen LogP contribution in [-0.4, -0.2) is 26.7 Å². The van der Waals surface area contributed by atoms with Crippen LogP contribution in [0, 0.1) is 5.92 Å². The van der Waals surface area contributed by atoms with Gasteiger partial charge in [-0.1, -0.05) is 6.07 Å². The van der Waals surface area contributed by atoms with Gasteiger partial charge in [-0.2, -0.15) is 5.10 Å². The van der Waals surface area contributed by atoms with Crippen LogP contribution in [0.15, 0.2) is 24.4 Å². The lowest BCUT2D eigenvalue weighted by atomic mass is 9.72. The lowest BCUT2D eigenvalue weighted by Crippen LogP contribution is -2.33. The van der Waals surface area contributed by atoms with E-state index < -0.39 is 0 Å². The van der Waals surface area contributed by atoms with E-state index in [2.05, 4.69) is 15.4 Å². The van der Waals surface area contributed by atoms with Gasteiger partial charge in [-0.15, -0.1) is 12.4 Å². The standard InChI is InChI=1S/C18H23N5O.ClH/c1-23-18-16(17(22-23)14-4-2-3-9-20-14)13(10-15(24)21-18)11-5-7-12(19)8-6-11;/h2-4,9,11-13H,5-8,10,19H2,1H3,(H,21,24);1H. The maximum atomic E-state index is 12.2. The second-order valence-corrected chi connectivity index (χ2v) is 6.98. The maximum absolute atomic E-state index is 12.2. The van der Waals surface area contributed by atoms with Crippen LogP contribution in [0.4, 0.5) is 5.82 Å². The first kappa shape index (κ1) is 17.9. The maximum Gasteiger partial charge on any atom is 0.226 e. The molecule has 0 saturated heterocycles. The topological polar surface area (TPSA) is 85.8 Å². The Morgan fingerprint density at radius 3 is 2.68 bits per heavy atom. The van der Waals surface area contributed by atoms with Crippen LogP contribution in [-0.2, 0) is 11.8 Å². The van der Waals surface area contributed by atoms with Gasteiger partial charge in [-0.3, -0.25) is 14.5 Å². The molecular formula is C18H24ClN5O. The fourth-order valence-electron chi connectivity index (χ4n) is 4.17. The summed E-state index contributed by atoms with van der Waals surface area (Å²) in [5, 5.41) is 7.68. The summed E-state index contributed by atoms with van der Waals surface area (Å²) in [4.78, 5) is 16.7. The molecule has 1 fully saturated rings. The molecule has 134 valence electrons. The smallest absolute Gasteiger partial charge is 0.226 e. The monoisotopic (exact) mass is 361 g/mol. The van der Waals surface area contributed by atoms with Crippen LogP contribution in [0.2, 0.25) is 0 Å². The van der Waals surface area contributed by atoms with Gasteiger partial charge in [0.15, 0.2) is 0 Å². The number of fused-ring (bicyclic) bond motifs is 1. The molecule has 0 aromatic carbocycles. The third kappa shape index (κ3) is 3.28. The Morgan fingerprint density at radius 1 is 1.24 bits per heavy atom. The average Bonchev–Trinajstić information content (AvgIpc) is 2.93. The number of halogens is 1. The number of nitrogens with two attached hydrogens (primary N) is 1. The first-order valence-corrected chi connectivity index (χ1v) is 8.67. The van der Waals surface area contributed by atoms with E-state index >= 15 is 0 Å². The summed E-state index contributed by atoms with van der Waals surface area (Å²) >= 11 is 0. The van der Waals surface area contributed by atoms with E-state index in [0.717, 1.165) is 48.5 Å². The predicted molar refractivity (Wildman–Crippen MR) is 99.6 cm³/mol. The Bertz CT molecular complexity index is 752. The van der Waals surface area contributed by atoms with Crippen molar-refractivity contribution in [3.63, 3.8) is 0 Å². The second-order valence-electron chi connectivity index (χ2n) is 6.98. The number of carbonyl (C=O) groups excluding carboxylic acids is 1. The van der Waals surface area contributed by atoms with Crippen molar-refractivity contribution >= 4 is 24.1 Å². The molecule has 4 rings (SSSR count). The summed E-state index contributed by atoms with van der Waals surface area (Å²) in [6.45, 7) is 0. The van der Waals surface area contributed by atoms with Crippen LogP contribution >= 0.6 is 12.4 Å². The van der Waals surface area contributed by atoms with Crippen molar-refractivity contribution in [3.05, 3.63) is 30.0 Å². The second kappa shape index (κ2) is 7.14. The molecule has 25 heavy (non-hydrogen) atoms. The van der Waals surface area contributed by atoms with E-state index in [-0.39, 0.29) is 24.2 Å². The number of pyridine rings is 1. The summed E-state index contributed by atoms with van der Waals surface area (Å²) in [6.07, 6.45) is 6.55. The number of amides is 1. The van der Waals surface area contributed by atoms with Crippen LogP contribution in [0.1, 0.15) is 43.6 Å². The molecule has 3 N–H and O–H groups in total. The van der Waals surface area contributed by atoms with Crippen LogP contribution < -0.4 is 11.1 Å². The molecule has 2 aliphatic rings. The van der Waals surface area contributed by atoms with Gasteiger partial charge >= 0.3 is 0 Å². The van der Waals surface area contributed by atoms with Crippen molar-refractivity contribution < 1.29 is 4.79 Å². The average molecular weight is 362 g/mol. The molecule has 2 aromatic heterocycles. The Morgan fingerprint density at radius 2 is 2.00 bits per heavy atom. The molecule has 1 saturated carbocycles. The summed E-state index contributed by atoms with van der Waals surface area (Å²) < 4.78 is 1.78. The molecule has 0 radical (unpaired) electrons. The van der Waals surface area contributed by atoms with Gasteiger partial charge in [-0.05, 0) is 43.7 Å². The number of hydrogen-bond acceptors (Lipinski definition) is 4. The van der Waals surface area contributed by atoms with Gasteiger partial charge in [-0.25, -0.2) is 0 Å². The minimum atomic E-state index is 0. The van der Waals surface area contributed by atoms with E-state index in [0.29, 0.717) is 18.4 Å². The van der Waals surface area contributed by atoms with E-state index in [1.165, 1.54) is 0 Å². The number of carbonyl (C=O) groups is 1. The zero-order chi connectivity index (χ0) is 16.7. The molecule has 7 heteroatoms. The SMILES string of the molecule is Cl.Cn1nc(-c2ccccn2)c2c1NC(=O)CC2C1CCC(N)CC1. The van der Waals surface area contributed by atoms with Crippen molar-refractivity contribution in [1.29, 1.82) is 0 Å². The molecule has 6 nitrogen and oxygen atoms in total. The molecular weight excluding hydrogens is 338 g/mol. The van der Waals surface area contributed by atoms with Crippen molar-refractivity contribution in [2.24, 2.45) is 18.7 Å². The summed E-state index contributed by atoms with van der Waals surface area (Å²) in [5.74, 6) is 1.60. The van der Waals surface area contributed by atoms with E-state index in [1.54, 1.807) is 10.9 Å². The highest BCUT2D eigenvalue weighted by Gasteiger charge is 2.38. The Labute approximate surface area is 153 Å². The molecule has 1 aliphatic heterocycles. The number of nitrogens with zero attached hydrogens (tertiary/aromatic N) is 3. The molecule has 1 amide bonds. The highest BCUT2D eigenvalue weighted by Crippen LogP contribution is 2.46. The van der Waals surface area contributed by atoms with E-state index in [4.69, 9.17) is 5.73 Å². The number of rotatable bonds is 2. The predicted octanol–water partition coefficient (Wildman–Crippen LogP) is 2.85. The lowest BCUT2D eigenvalue weighted by Gasteiger charge is -2.35. The van der Waals surface area contributed by atoms with Gasteiger partial charge in [0.25, 0.3) is 0 Å². The van der Waals surface area contributed by atoms with Crippen molar-refractivity contribution in [2.45, 2.75) is 44.1 Å². The molecule has 3 heterocycles. The Kier molecular flexibility index (Phi) is 5.11. The van der Waals surface area contributed by atoms with Gasteiger partial charge in [0.05, 0.1) is 5.69 Å². The van der Waals surface area contributed by atoms with Gasteiger partial charge in [0, 0.05) is 37.2 Å². The highest BCUT2D eigenvalue weighted by molar-refractivity contribution is 5.95. The first-order chi connectivity index (χ1) is 11.6. The molecule has 2 aromatic rings. The number of aryl methyl sites for hydroxylation is 1. The first-order valence-electron chi connectivity index (χ1n) is 8.67. The van der Waals surface area contributed by atoms with E-state index in [9.17, 15) is 4.79 Å². The van der Waals surface area contributed by atoms with Crippen molar-refractivity contribution in [2.75, 3.05) is 5.32 Å². The lowest BCUT2D eigenvalue weighted by molar-refractivity contribution is -0.117. The van der Waals surface area contributed by atoms with E-state index in [1.807, 2.05) is 25.2 Å². The van der Waals surface area contributed by atoms with Gasteiger partial charge < -0.3 is 11.1 Å². The van der Waals surface area contributed by atoms with Crippen LogP contribution in [0.5, 0.6) is 0 Å². The van der Waals surface area contributed by atoms with Crippen LogP contribution in [0.25, 0.3) is 11.4 Å². The number of hydrogen-bond donors (Lipinski definition) is 2. The molecule has 0 spiro atoms. The molecule has 1 aliphatic carbocycles. The highest BCUT2D eigenvalue weighted by atomic mass is 35.5. The normalized spacial score (nSPS) is 25.7. The zero-order valence-corrected chi connectivity index (χ0v) is 15.1. The number of aromatic nitrogens is 3. The Hall–Kier alpha value is -1.92. The fourth-order valence-corrected chi connectivity index (χ4v) is 4.17. The third-order valence-electron chi connectivity index (χ3n) is 5.41. The zero-order valence-electron chi connectivity index (χ0n) is 14.3. The largest absolute Gasteiger partial charge is 0.328 e. The fraction of sp³-hybridized carbons (Fsp3) is 0.500. The minimum absolute atomic E-state index is 0.